The van der Waals surface area contributed by atoms with Gasteiger partial charge in [-0.25, -0.2) is 4.79 Å². The molecule has 12 heavy (non-hydrogen) atoms. The van der Waals surface area contributed by atoms with Crippen molar-refractivity contribution in [2.75, 3.05) is 0 Å². The van der Waals surface area contributed by atoms with E-state index in [0.29, 0.717) is 0 Å². The molecular weight excluding hydrogens is 196 g/mol. The van der Waals surface area contributed by atoms with Crippen LogP contribution in [0.15, 0.2) is 12.4 Å². The Kier molecular flexibility index (Phi) is 4.65. The predicted octanol–water partition coefficient (Wildman–Crippen LogP) is 1.44. The van der Waals surface area contributed by atoms with Gasteiger partial charge < -0.3 is 5.11 Å². The topological polar surface area (TPSA) is 50.2 Å². The van der Waals surface area contributed by atoms with Crippen molar-refractivity contribution in [2.45, 2.75) is 0 Å². The number of rotatable bonds is 1. The molecule has 0 aliphatic carbocycles. The van der Waals surface area contributed by atoms with Crippen LogP contribution in [0.25, 0.3) is 0 Å². The number of carbonyl (C=O) groups is 1. The van der Waals surface area contributed by atoms with Gasteiger partial charge in [0.25, 0.3) is 0 Å². The fourth-order valence-electron chi connectivity index (χ4n) is 0.616. The maximum atomic E-state index is 10.4. The van der Waals surface area contributed by atoms with E-state index in [9.17, 15) is 4.79 Å². The maximum absolute atomic E-state index is 10.4. The summed E-state index contributed by atoms with van der Waals surface area (Å²) in [6.45, 7) is 0. The summed E-state index contributed by atoms with van der Waals surface area (Å²) in [6, 6.07) is 0. The summed E-state index contributed by atoms with van der Waals surface area (Å²) in [5.74, 6) is -1.15. The van der Waals surface area contributed by atoms with Gasteiger partial charge in [-0.05, 0) is 0 Å². The summed E-state index contributed by atoms with van der Waals surface area (Å²) in [6.07, 6.45) is 2.47. The Morgan fingerprint density at radius 2 is 1.75 bits per heavy atom. The van der Waals surface area contributed by atoms with Crippen molar-refractivity contribution in [1.82, 2.24) is 4.98 Å². The molecule has 0 aliphatic heterocycles. The zero-order chi connectivity index (χ0) is 8.43. The molecule has 6 heteroatoms. The fourth-order valence-corrected chi connectivity index (χ4v) is 1.14. The van der Waals surface area contributed by atoms with Crippen LogP contribution in [0.3, 0.4) is 0 Å². The van der Waals surface area contributed by atoms with Gasteiger partial charge in [0.2, 0.25) is 0 Å². The molecule has 60 valence electrons. The molecule has 0 aromatic carbocycles. The number of carboxylic acid groups (broad SMARTS) is 1. The molecule has 1 aromatic rings. The molecule has 1 N–H and O–H groups in total. The zero-order valence-electron chi connectivity index (χ0n) is 5.21. The first-order chi connectivity index (χ1) is 5.13. The van der Waals surface area contributed by atoms with Gasteiger partial charge in [-0.3, -0.25) is 4.98 Å². The molecule has 0 saturated carbocycles. The summed E-state index contributed by atoms with van der Waals surface area (Å²) in [4.78, 5) is 14.0. The zero-order valence-corrected chi connectivity index (χ0v) is 6.73. The number of hydrogen-bond donors (Lipinski definition) is 1. The summed E-state index contributed by atoms with van der Waals surface area (Å²) in [5.41, 5.74) is -0.108. The molecule has 0 fully saturated rings. The van der Waals surface area contributed by atoms with Crippen molar-refractivity contribution in [2.24, 2.45) is 0 Å². The molecule has 0 spiro atoms. The second kappa shape index (κ2) is 4.73. The Hall–Kier alpha value is -0.203. The number of carboxylic acids is 1. The van der Waals surface area contributed by atoms with Crippen LogP contribution >= 0.6 is 23.2 Å². The fraction of sp³-hybridized carbons (Fsp3) is 0. The average Bonchev–Trinajstić information content (AvgIpc) is 1.85. The van der Waals surface area contributed by atoms with Crippen LogP contribution in [0, 0.1) is 0 Å². The third-order valence-electron chi connectivity index (χ3n) is 1.07. The number of aromatic nitrogens is 1. The monoisotopic (exact) mass is 199 g/mol. The molecule has 1 aromatic heterocycles. The van der Waals surface area contributed by atoms with Gasteiger partial charge in [0.1, 0.15) is 0 Å². The average molecular weight is 200 g/mol. The molecular formula is C6H4Cl2LiNO2. The van der Waals surface area contributed by atoms with E-state index in [0.717, 1.165) is 0 Å². The minimum absolute atomic E-state index is 0. The minimum atomic E-state index is -1.15. The van der Waals surface area contributed by atoms with Crippen LogP contribution in [-0.2, 0) is 0 Å². The van der Waals surface area contributed by atoms with E-state index in [4.69, 9.17) is 28.3 Å². The van der Waals surface area contributed by atoms with Gasteiger partial charge in [-0.2, -0.15) is 0 Å². The number of halogens is 2. The van der Waals surface area contributed by atoms with Crippen LogP contribution in [-0.4, -0.2) is 34.9 Å². The standard InChI is InChI=1S/C6H3Cl2NO2.Li.H/c7-3-1-9-2-4(8)5(3)6(10)11;;/h1-2H,(H,10,11);;. The second-order valence-corrected chi connectivity index (χ2v) is 2.60. The van der Waals surface area contributed by atoms with Crippen molar-refractivity contribution in [1.29, 1.82) is 0 Å². The first kappa shape index (κ1) is 11.8. The van der Waals surface area contributed by atoms with Crippen LogP contribution < -0.4 is 0 Å². The number of pyridine rings is 1. The molecule has 3 nitrogen and oxygen atoms in total. The van der Waals surface area contributed by atoms with Gasteiger partial charge in [0.15, 0.2) is 0 Å². The Morgan fingerprint density at radius 1 is 1.33 bits per heavy atom. The number of aromatic carboxylic acids is 1. The molecule has 0 aliphatic rings. The first-order valence-electron chi connectivity index (χ1n) is 2.65. The van der Waals surface area contributed by atoms with Crippen LogP contribution in [0.4, 0.5) is 0 Å². The van der Waals surface area contributed by atoms with Crippen molar-refractivity contribution in [3.63, 3.8) is 0 Å². The molecule has 1 heterocycles. The van der Waals surface area contributed by atoms with E-state index in [2.05, 4.69) is 4.98 Å². The summed E-state index contributed by atoms with van der Waals surface area (Å²) >= 11 is 11.0. The molecule has 1 rings (SSSR count). The number of nitrogens with zero attached hydrogens (tertiary/aromatic N) is 1. The third kappa shape index (κ3) is 2.39. The Balaban J connectivity index is 0.00000121. The summed E-state index contributed by atoms with van der Waals surface area (Å²) < 4.78 is 0. The predicted molar refractivity (Wildman–Crippen MR) is 48.4 cm³/mol. The quantitative estimate of drug-likeness (QED) is 0.697. The number of hydrogen-bond acceptors (Lipinski definition) is 2. The summed E-state index contributed by atoms with van der Waals surface area (Å²) in [7, 11) is 0. The normalized spacial score (nSPS) is 8.83. The van der Waals surface area contributed by atoms with Crippen LogP contribution in [0.1, 0.15) is 10.4 Å². The van der Waals surface area contributed by atoms with Crippen LogP contribution in [0.5, 0.6) is 0 Å². The van der Waals surface area contributed by atoms with Crippen molar-refractivity contribution in [3.05, 3.63) is 28.0 Å². The molecule has 0 amide bonds. The van der Waals surface area contributed by atoms with Crippen molar-refractivity contribution < 1.29 is 9.90 Å². The van der Waals surface area contributed by atoms with E-state index < -0.39 is 5.97 Å². The molecule has 0 bridgehead atoms. The van der Waals surface area contributed by atoms with Gasteiger partial charge in [-0.1, -0.05) is 23.2 Å². The van der Waals surface area contributed by atoms with E-state index in [1.807, 2.05) is 0 Å². The SMILES string of the molecule is O=C(O)c1c(Cl)cncc1Cl.[LiH]. The first-order valence-corrected chi connectivity index (χ1v) is 3.41. The molecule has 0 unspecified atom stereocenters. The van der Waals surface area contributed by atoms with Crippen molar-refractivity contribution >= 4 is 48.0 Å². The van der Waals surface area contributed by atoms with Gasteiger partial charge in [-0.15, -0.1) is 0 Å². The third-order valence-corrected chi connectivity index (χ3v) is 1.64. The molecule has 0 saturated heterocycles. The van der Waals surface area contributed by atoms with E-state index in [-0.39, 0.29) is 34.5 Å². The second-order valence-electron chi connectivity index (χ2n) is 1.78. The van der Waals surface area contributed by atoms with E-state index in [1.165, 1.54) is 12.4 Å². The Bertz CT molecular complexity index is 285. The summed E-state index contributed by atoms with van der Waals surface area (Å²) in [5, 5.41) is 8.64. The Labute approximate surface area is 90.9 Å². The van der Waals surface area contributed by atoms with Gasteiger partial charge in [0.05, 0.1) is 15.6 Å². The van der Waals surface area contributed by atoms with E-state index in [1.54, 1.807) is 0 Å². The van der Waals surface area contributed by atoms with Gasteiger partial charge in [0, 0.05) is 12.4 Å². The molecule has 0 radical (unpaired) electrons. The van der Waals surface area contributed by atoms with Gasteiger partial charge >= 0.3 is 24.8 Å². The molecule has 0 atom stereocenters. The van der Waals surface area contributed by atoms with Crippen molar-refractivity contribution in [3.8, 4) is 0 Å². The van der Waals surface area contributed by atoms with E-state index >= 15 is 0 Å². The van der Waals surface area contributed by atoms with Crippen LogP contribution in [0.2, 0.25) is 10.0 Å². The Morgan fingerprint density at radius 3 is 2.00 bits per heavy atom.